The van der Waals surface area contributed by atoms with E-state index in [-0.39, 0.29) is 11.9 Å². The Morgan fingerprint density at radius 3 is 2.57 bits per heavy atom. The van der Waals surface area contributed by atoms with Crippen LogP contribution in [-0.2, 0) is 18.3 Å². The zero-order chi connectivity index (χ0) is 19.1. The van der Waals surface area contributed by atoms with Crippen LogP contribution in [0.3, 0.4) is 0 Å². The third-order valence-electron chi connectivity index (χ3n) is 6.38. The van der Waals surface area contributed by atoms with Gasteiger partial charge in [0.05, 0.1) is 6.04 Å². The molecule has 1 aliphatic heterocycles. The van der Waals surface area contributed by atoms with E-state index in [0.29, 0.717) is 0 Å². The summed E-state index contributed by atoms with van der Waals surface area (Å²) in [5, 5.41) is 1.27. The molecule has 1 aliphatic carbocycles. The molecule has 3 heteroatoms. The Labute approximate surface area is 166 Å². The van der Waals surface area contributed by atoms with Gasteiger partial charge in [-0.1, -0.05) is 48.5 Å². The summed E-state index contributed by atoms with van der Waals surface area (Å²) in [6.45, 7) is 0.768. The average molecular weight is 370 g/mol. The number of aromatic nitrogens is 1. The molecule has 1 atom stereocenters. The van der Waals surface area contributed by atoms with E-state index in [1.165, 1.54) is 34.0 Å². The van der Waals surface area contributed by atoms with Crippen LogP contribution in [0.2, 0.25) is 0 Å². The number of fused-ring (bicyclic) bond motifs is 1. The molecule has 28 heavy (non-hydrogen) atoms. The van der Waals surface area contributed by atoms with Crippen molar-refractivity contribution in [2.45, 2.75) is 38.1 Å². The van der Waals surface area contributed by atoms with Gasteiger partial charge < -0.3 is 9.47 Å². The lowest BCUT2D eigenvalue weighted by atomic mass is 9.87. The lowest BCUT2D eigenvalue weighted by Crippen LogP contribution is -2.32. The summed E-state index contributed by atoms with van der Waals surface area (Å²) in [7, 11) is 2.10. The van der Waals surface area contributed by atoms with E-state index in [0.717, 1.165) is 37.8 Å². The Hall–Kier alpha value is -2.81. The van der Waals surface area contributed by atoms with Gasteiger partial charge in [-0.05, 0) is 49.3 Å². The van der Waals surface area contributed by atoms with Gasteiger partial charge in [-0.2, -0.15) is 0 Å². The molecular weight excluding hydrogens is 344 g/mol. The van der Waals surface area contributed by atoms with Crippen LogP contribution in [0.15, 0.2) is 71.9 Å². The van der Waals surface area contributed by atoms with Crippen molar-refractivity contribution in [3.63, 3.8) is 0 Å². The molecule has 0 spiro atoms. The number of amides is 1. The van der Waals surface area contributed by atoms with E-state index < -0.39 is 0 Å². The van der Waals surface area contributed by atoms with E-state index >= 15 is 0 Å². The first-order chi connectivity index (χ1) is 13.7. The molecule has 0 radical (unpaired) electrons. The number of nitrogens with zero attached hydrogens (tertiary/aromatic N) is 2. The summed E-state index contributed by atoms with van der Waals surface area (Å²) < 4.78 is 2.20. The van der Waals surface area contributed by atoms with Gasteiger partial charge in [-0.25, -0.2) is 0 Å². The van der Waals surface area contributed by atoms with Crippen LogP contribution in [0.25, 0.3) is 10.9 Å². The number of aryl methyl sites for hydroxylation is 1. The predicted octanol–water partition coefficient (Wildman–Crippen LogP) is 5.17. The number of hydrogen-bond donors (Lipinski definition) is 0. The number of carbonyl (C=O) groups is 1. The maximum Gasteiger partial charge on any atom is 0.250 e. The molecule has 1 amide bonds. The van der Waals surface area contributed by atoms with Gasteiger partial charge in [0.2, 0.25) is 0 Å². The van der Waals surface area contributed by atoms with Crippen molar-refractivity contribution >= 4 is 16.8 Å². The summed E-state index contributed by atoms with van der Waals surface area (Å²) in [6.07, 6.45) is 7.46. The minimum Gasteiger partial charge on any atom is -0.350 e. The molecule has 3 nitrogen and oxygen atoms in total. The van der Waals surface area contributed by atoms with Crippen molar-refractivity contribution < 1.29 is 4.79 Å². The molecule has 1 unspecified atom stereocenters. The van der Waals surface area contributed by atoms with Gasteiger partial charge in [-0.3, -0.25) is 4.79 Å². The molecule has 2 aliphatic rings. The Bertz CT molecular complexity index is 1060. The van der Waals surface area contributed by atoms with Crippen LogP contribution in [0.5, 0.6) is 0 Å². The minimum atomic E-state index is 0.0950. The fraction of sp³-hybridized carbons (Fsp3) is 0.320. The van der Waals surface area contributed by atoms with Gasteiger partial charge in [-0.15, -0.1) is 0 Å². The maximum atomic E-state index is 13.3. The van der Waals surface area contributed by atoms with Crippen LogP contribution in [0.4, 0.5) is 0 Å². The van der Waals surface area contributed by atoms with Crippen molar-refractivity contribution in [2.75, 3.05) is 6.54 Å². The molecule has 142 valence electrons. The molecule has 0 fully saturated rings. The molecule has 2 aromatic carbocycles. The van der Waals surface area contributed by atoms with Crippen LogP contribution >= 0.6 is 0 Å². The second-order valence-electron chi connectivity index (χ2n) is 8.06. The van der Waals surface area contributed by atoms with E-state index in [4.69, 9.17) is 0 Å². The molecule has 5 rings (SSSR count). The normalized spacial score (nSPS) is 19.5. The number of para-hydroxylation sites is 1. The average Bonchev–Trinajstić information content (AvgIpc) is 3.22. The van der Waals surface area contributed by atoms with Crippen molar-refractivity contribution in [3.05, 3.63) is 83.1 Å². The predicted molar refractivity (Wildman–Crippen MR) is 113 cm³/mol. The highest BCUT2D eigenvalue weighted by Crippen LogP contribution is 2.46. The summed E-state index contributed by atoms with van der Waals surface area (Å²) in [5.74, 6) is 0.267. The lowest BCUT2D eigenvalue weighted by Gasteiger charge is -2.27. The molecule has 0 bridgehead atoms. The quantitative estimate of drug-likeness (QED) is 0.621. The smallest absolute Gasteiger partial charge is 0.250 e. The van der Waals surface area contributed by atoms with Crippen LogP contribution < -0.4 is 0 Å². The van der Waals surface area contributed by atoms with E-state index in [2.05, 4.69) is 71.2 Å². The summed E-state index contributed by atoms with van der Waals surface area (Å²) in [5.41, 5.74) is 6.28. The van der Waals surface area contributed by atoms with Gasteiger partial charge >= 0.3 is 0 Å². The zero-order valence-corrected chi connectivity index (χ0v) is 16.4. The Kier molecular flexibility index (Phi) is 4.31. The number of hydrogen-bond acceptors (Lipinski definition) is 1. The highest BCUT2D eigenvalue weighted by molar-refractivity contribution is 5.99. The Morgan fingerprint density at radius 1 is 0.964 bits per heavy atom. The van der Waals surface area contributed by atoms with Crippen molar-refractivity contribution in [1.29, 1.82) is 0 Å². The first-order valence-electron chi connectivity index (χ1n) is 10.3. The number of carbonyl (C=O) groups excluding carboxylic acids is 1. The van der Waals surface area contributed by atoms with Gasteiger partial charge in [0.25, 0.3) is 5.91 Å². The molecule has 3 aromatic rings. The first-order valence-corrected chi connectivity index (χ1v) is 10.3. The number of rotatable bonds is 4. The molecular formula is C25H26N2O. The second-order valence-corrected chi connectivity index (χ2v) is 8.06. The molecule has 0 saturated heterocycles. The first kappa shape index (κ1) is 17.3. The third kappa shape index (κ3) is 2.77. The van der Waals surface area contributed by atoms with Gasteiger partial charge in [0.1, 0.15) is 0 Å². The topological polar surface area (TPSA) is 25.2 Å². The monoisotopic (exact) mass is 370 g/mol. The Morgan fingerprint density at radius 2 is 1.71 bits per heavy atom. The van der Waals surface area contributed by atoms with Gasteiger partial charge in [0.15, 0.2) is 0 Å². The SMILES string of the molecule is Cn1cc(C2C3=C(CCCC3)C(=O)N2CCc2ccccc2)c2ccccc21. The van der Waals surface area contributed by atoms with Crippen LogP contribution in [0.1, 0.15) is 42.9 Å². The van der Waals surface area contributed by atoms with Crippen LogP contribution in [0, 0.1) is 0 Å². The van der Waals surface area contributed by atoms with Gasteiger partial charge in [0, 0.05) is 41.8 Å². The highest BCUT2D eigenvalue weighted by atomic mass is 16.2. The second kappa shape index (κ2) is 6.97. The largest absolute Gasteiger partial charge is 0.350 e. The molecule has 2 heterocycles. The molecule has 0 N–H and O–H groups in total. The molecule has 1 aromatic heterocycles. The third-order valence-corrected chi connectivity index (χ3v) is 6.38. The van der Waals surface area contributed by atoms with Crippen molar-refractivity contribution in [2.24, 2.45) is 7.05 Å². The van der Waals surface area contributed by atoms with E-state index in [1.807, 2.05) is 6.07 Å². The maximum absolute atomic E-state index is 13.3. The summed E-state index contributed by atoms with van der Waals surface area (Å²) in [6, 6.07) is 19.2. The minimum absolute atomic E-state index is 0.0950. The fourth-order valence-electron chi connectivity index (χ4n) is 5.02. The highest BCUT2D eigenvalue weighted by Gasteiger charge is 2.41. The van der Waals surface area contributed by atoms with Crippen molar-refractivity contribution in [1.82, 2.24) is 9.47 Å². The van der Waals surface area contributed by atoms with Crippen LogP contribution in [-0.4, -0.2) is 21.9 Å². The standard InChI is InChI=1S/C25H26N2O/c1-26-17-22(19-11-7-8-14-23(19)26)24-20-12-5-6-13-21(20)25(28)27(24)16-15-18-9-3-2-4-10-18/h2-4,7-11,14,17,24H,5-6,12-13,15-16H2,1H3. The summed E-state index contributed by atoms with van der Waals surface area (Å²) >= 11 is 0. The lowest BCUT2D eigenvalue weighted by molar-refractivity contribution is -0.127. The van der Waals surface area contributed by atoms with E-state index in [9.17, 15) is 4.79 Å². The summed E-state index contributed by atoms with van der Waals surface area (Å²) in [4.78, 5) is 15.5. The van der Waals surface area contributed by atoms with Crippen molar-refractivity contribution in [3.8, 4) is 0 Å². The zero-order valence-electron chi connectivity index (χ0n) is 16.4. The molecule has 0 saturated carbocycles. The Balaban J connectivity index is 1.56. The fourth-order valence-corrected chi connectivity index (χ4v) is 5.02. The van der Waals surface area contributed by atoms with E-state index in [1.54, 1.807) is 0 Å². The number of benzene rings is 2.